The molecular formula is C14H20FN3O3. The highest BCUT2D eigenvalue weighted by Crippen LogP contribution is 2.24. The molecule has 0 spiro atoms. The number of aliphatic hydroxyl groups excluding tert-OH is 1. The Morgan fingerprint density at radius 2 is 2.14 bits per heavy atom. The number of halogens is 1. The Kier molecular flexibility index (Phi) is 5.46. The van der Waals surface area contributed by atoms with Gasteiger partial charge in [0.2, 0.25) is 0 Å². The lowest BCUT2D eigenvalue weighted by molar-refractivity contribution is -0.384. The van der Waals surface area contributed by atoms with Gasteiger partial charge in [0.05, 0.1) is 11.0 Å². The highest BCUT2D eigenvalue weighted by atomic mass is 19.1. The van der Waals surface area contributed by atoms with Crippen LogP contribution < -0.4 is 5.32 Å². The number of nitro groups is 1. The number of hydrogen-bond acceptors (Lipinski definition) is 5. The molecule has 0 amide bonds. The summed E-state index contributed by atoms with van der Waals surface area (Å²) in [6.07, 6.45) is 1.96. The fourth-order valence-corrected chi connectivity index (χ4v) is 2.55. The molecule has 2 rings (SSSR count). The second kappa shape index (κ2) is 7.33. The zero-order chi connectivity index (χ0) is 15.2. The van der Waals surface area contributed by atoms with Crippen molar-refractivity contribution >= 4 is 11.4 Å². The number of nitro benzene ring substituents is 1. The maximum atomic E-state index is 13.0. The van der Waals surface area contributed by atoms with Gasteiger partial charge in [-0.15, -0.1) is 0 Å². The SMILES string of the molecule is O=[N+]([O-])c1cc(F)ccc1NCCN1CCC(CO)CC1. The highest BCUT2D eigenvalue weighted by molar-refractivity contribution is 5.61. The summed E-state index contributed by atoms with van der Waals surface area (Å²) in [5, 5.41) is 22.9. The number of anilines is 1. The molecule has 21 heavy (non-hydrogen) atoms. The Hall–Kier alpha value is -1.73. The predicted molar refractivity (Wildman–Crippen MR) is 77.8 cm³/mol. The Morgan fingerprint density at radius 3 is 2.76 bits per heavy atom. The van der Waals surface area contributed by atoms with Crippen LogP contribution in [0.25, 0.3) is 0 Å². The average molecular weight is 297 g/mol. The van der Waals surface area contributed by atoms with Crippen LogP contribution >= 0.6 is 0 Å². The monoisotopic (exact) mass is 297 g/mol. The first-order valence-electron chi connectivity index (χ1n) is 7.11. The number of aliphatic hydroxyl groups is 1. The topological polar surface area (TPSA) is 78.6 Å². The first-order chi connectivity index (χ1) is 10.1. The van der Waals surface area contributed by atoms with Crippen molar-refractivity contribution in [3.8, 4) is 0 Å². The third-order valence-electron chi connectivity index (χ3n) is 3.87. The first-order valence-corrected chi connectivity index (χ1v) is 7.11. The smallest absolute Gasteiger partial charge is 0.295 e. The van der Waals surface area contributed by atoms with E-state index in [0.717, 1.165) is 38.5 Å². The van der Waals surface area contributed by atoms with Crippen molar-refractivity contribution in [1.29, 1.82) is 0 Å². The fourth-order valence-electron chi connectivity index (χ4n) is 2.55. The third kappa shape index (κ3) is 4.37. The Bertz CT molecular complexity index is 490. The molecule has 1 saturated heterocycles. The lowest BCUT2D eigenvalue weighted by atomic mass is 9.98. The van der Waals surface area contributed by atoms with Crippen LogP contribution in [0.3, 0.4) is 0 Å². The van der Waals surface area contributed by atoms with E-state index in [0.29, 0.717) is 18.2 Å². The van der Waals surface area contributed by atoms with E-state index in [-0.39, 0.29) is 12.3 Å². The van der Waals surface area contributed by atoms with Crippen molar-refractivity contribution in [2.45, 2.75) is 12.8 Å². The minimum atomic E-state index is -0.613. The Labute approximate surface area is 122 Å². The summed E-state index contributed by atoms with van der Waals surface area (Å²) in [4.78, 5) is 12.5. The molecule has 0 radical (unpaired) electrons. The molecule has 1 aliphatic heterocycles. The van der Waals surface area contributed by atoms with E-state index in [2.05, 4.69) is 10.2 Å². The van der Waals surface area contributed by atoms with Gasteiger partial charge in [0.1, 0.15) is 11.5 Å². The molecule has 1 fully saturated rings. The molecule has 7 heteroatoms. The molecular weight excluding hydrogens is 277 g/mol. The van der Waals surface area contributed by atoms with Crippen LogP contribution in [0.5, 0.6) is 0 Å². The number of benzene rings is 1. The fraction of sp³-hybridized carbons (Fsp3) is 0.571. The number of nitrogens with zero attached hydrogens (tertiary/aromatic N) is 2. The van der Waals surface area contributed by atoms with Gasteiger partial charge in [-0.2, -0.15) is 0 Å². The Balaban J connectivity index is 1.83. The molecule has 1 aromatic carbocycles. The van der Waals surface area contributed by atoms with Gasteiger partial charge in [0, 0.05) is 19.7 Å². The standard InChI is InChI=1S/C14H20FN3O3/c15-12-1-2-13(14(9-12)18(20)21)16-5-8-17-6-3-11(10-19)4-7-17/h1-2,9,11,16,19H,3-8,10H2. The van der Waals surface area contributed by atoms with Crippen LogP contribution in [0.15, 0.2) is 18.2 Å². The highest BCUT2D eigenvalue weighted by Gasteiger charge is 2.18. The van der Waals surface area contributed by atoms with E-state index in [1.807, 2.05) is 0 Å². The zero-order valence-electron chi connectivity index (χ0n) is 11.8. The Morgan fingerprint density at radius 1 is 1.43 bits per heavy atom. The number of rotatable bonds is 6. The van der Waals surface area contributed by atoms with Gasteiger partial charge in [-0.1, -0.05) is 0 Å². The van der Waals surface area contributed by atoms with Crippen molar-refractivity contribution in [3.63, 3.8) is 0 Å². The largest absolute Gasteiger partial charge is 0.396 e. The first kappa shape index (κ1) is 15.7. The lowest BCUT2D eigenvalue weighted by Gasteiger charge is -2.31. The normalized spacial score (nSPS) is 16.9. The van der Waals surface area contributed by atoms with Gasteiger partial charge < -0.3 is 15.3 Å². The van der Waals surface area contributed by atoms with E-state index >= 15 is 0 Å². The van der Waals surface area contributed by atoms with Crippen LogP contribution in [0.1, 0.15) is 12.8 Å². The van der Waals surface area contributed by atoms with Crippen LogP contribution in [-0.4, -0.2) is 47.7 Å². The second-order valence-electron chi connectivity index (χ2n) is 5.31. The van der Waals surface area contributed by atoms with E-state index in [1.54, 1.807) is 0 Å². The van der Waals surface area contributed by atoms with Crippen molar-refractivity contribution < 1.29 is 14.4 Å². The minimum absolute atomic E-state index is 0.242. The van der Waals surface area contributed by atoms with Gasteiger partial charge >= 0.3 is 0 Å². The number of hydrogen-bond donors (Lipinski definition) is 2. The van der Waals surface area contributed by atoms with Gasteiger partial charge in [-0.25, -0.2) is 4.39 Å². The van der Waals surface area contributed by atoms with E-state index in [9.17, 15) is 14.5 Å². The van der Waals surface area contributed by atoms with Gasteiger partial charge in [-0.05, 0) is 44.0 Å². The van der Waals surface area contributed by atoms with E-state index in [4.69, 9.17) is 5.11 Å². The summed E-state index contributed by atoms with van der Waals surface area (Å²) in [6, 6.07) is 3.53. The van der Waals surface area contributed by atoms with E-state index < -0.39 is 10.7 Å². The van der Waals surface area contributed by atoms with Crippen molar-refractivity contribution in [1.82, 2.24) is 4.90 Å². The molecule has 0 aliphatic carbocycles. The molecule has 0 atom stereocenters. The van der Waals surface area contributed by atoms with Gasteiger partial charge in [-0.3, -0.25) is 10.1 Å². The van der Waals surface area contributed by atoms with E-state index in [1.165, 1.54) is 12.1 Å². The number of piperidine rings is 1. The van der Waals surface area contributed by atoms with Gasteiger partial charge in [0.25, 0.3) is 5.69 Å². The lowest BCUT2D eigenvalue weighted by Crippen LogP contribution is -2.37. The second-order valence-corrected chi connectivity index (χ2v) is 5.31. The summed E-state index contributed by atoms with van der Waals surface area (Å²) in [6.45, 7) is 3.44. The molecule has 1 aliphatic rings. The molecule has 0 saturated carbocycles. The van der Waals surface area contributed by atoms with Crippen molar-refractivity contribution in [2.24, 2.45) is 5.92 Å². The molecule has 6 nitrogen and oxygen atoms in total. The molecule has 1 aromatic rings. The maximum absolute atomic E-state index is 13.0. The number of nitrogens with one attached hydrogen (secondary N) is 1. The summed E-state index contributed by atoms with van der Waals surface area (Å²) in [5.74, 6) is -0.217. The summed E-state index contributed by atoms with van der Waals surface area (Å²) >= 11 is 0. The molecule has 0 bridgehead atoms. The molecule has 0 aromatic heterocycles. The number of likely N-dealkylation sites (tertiary alicyclic amines) is 1. The summed E-state index contributed by atoms with van der Waals surface area (Å²) < 4.78 is 13.0. The summed E-state index contributed by atoms with van der Waals surface area (Å²) in [7, 11) is 0. The van der Waals surface area contributed by atoms with Crippen molar-refractivity contribution in [3.05, 3.63) is 34.1 Å². The van der Waals surface area contributed by atoms with Crippen molar-refractivity contribution in [2.75, 3.05) is 38.1 Å². The van der Waals surface area contributed by atoms with Crippen LogP contribution in [0.2, 0.25) is 0 Å². The molecule has 1 heterocycles. The maximum Gasteiger partial charge on any atom is 0.295 e. The van der Waals surface area contributed by atoms with Crippen LogP contribution in [0, 0.1) is 21.8 Å². The van der Waals surface area contributed by atoms with Gasteiger partial charge in [0.15, 0.2) is 0 Å². The average Bonchev–Trinajstić information content (AvgIpc) is 2.49. The zero-order valence-corrected chi connectivity index (χ0v) is 11.8. The molecule has 116 valence electrons. The third-order valence-corrected chi connectivity index (χ3v) is 3.87. The summed E-state index contributed by atoms with van der Waals surface area (Å²) in [5.41, 5.74) is 0.0978. The minimum Gasteiger partial charge on any atom is -0.396 e. The quantitative estimate of drug-likeness (QED) is 0.619. The van der Waals surface area contributed by atoms with Crippen LogP contribution in [-0.2, 0) is 0 Å². The molecule has 2 N–H and O–H groups in total. The van der Waals surface area contributed by atoms with Crippen LogP contribution in [0.4, 0.5) is 15.8 Å². The predicted octanol–water partition coefficient (Wildman–Crippen LogP) is 1.85. The molecule has 0 unspecified atom stereocenters.